The fourth-order valence-corrected chi connectivity index (χ4v) is 22.1. The Bertz CT molecular complexity index is 6650. The van der Waals surface area contributed by atoms with Crippen LogP contribution < -0.4 is 31.5 Å². The molecule has 0 spiro atoms. The Morgan fingerprint density at radius 2 is 1.25 bits per heavy atom. The smallest absolute Gasteiger partial charge is 0.425 e. The van der Waals surface area contributed by atoms with Crippen molar-refractivity contribution in [3.63, 3.8) is 0 Å². The number of carbonyl (C=O) groups excluding carboxylic acids is 6. The summed E-state index contributed by atoms with van der Waals surface area (Å²) < 4.78 is 163. The Labute approximate surface area is 832 Å². The van der Waals surface area contributed by atoms with E-state index >= 15 is 8.42 Å². The van der Waals surface area contributed by atoms with Crippen molar-refractivity contribution in [3.8, 4) is 0 Å². The molecule has 1 aliphatic carbocycles. The zero-order chi connectivity index (χ0) is 103. The first-order chi connectivity index (χ1) is 67.4. The van der Waals surface area contributed by atoms with Gasteiger partial charge >= 0.3 is 22.7 Å². The van der Waals surface area contributed by atoms with E-state index in [-0.39, 0.29) is 124 Å². The molecule has 766 valence electrons. The quantitative estimate of drug-likeness (QED) is 0.00759. The van der Waals surface area contributed by atoms with Gasteiger partial charge in [0.2, 0.25) is 39.3 Å². The lowest BCUT2D eigenvalue weighted by atomic mass is 9.79. The minimum Gasteiger partial charge on any atom is -0.748 e. The molecule has 4 aliphatic rings. The molecule has 4 aromatic carbocycles. The Morgan fingerprint density at radius 3 is 1.91 bits per heavy atom. The summed E-state index contributed by atoms with van der Waals surface area (Å²) in [5.41, 5.74) is 11.5. The number of pyridine rings is 2. The number of carboxylic acids is 1. The number of carboxylic acid groups (broad SMARTS) is 1. The van der Waals surface area contributed by atoms with Crippen molar-refractivity contribution in [2.24, 2.45) is 0 Å². The second kappa shape index (κ2) is 52.0. The van der Waals surface area contributed by atoms with E-state index in [0.717, 1.165) is 171 Å². The van der Waals surface area contributed by atoms with Gasteiger partial charge in [-0.3, -0.25) is 38.1 Å². The number of benzene rings is 4. The van der Waals surface area contributed by atoms with E-state index in [1.54, 1.807) is 67.9 Å². The predicted molar refractivity (Wildman–Crippen MR) is 535 cm³/mol. The molecule has 41 heteroatoms. The molecule has 0 unspecified atom stereocenters. The van der Waals surface area contributed by atoms with Gasteiger partial charge in [-0.25, -0.2) is 46.1 Å². The number of nitrogens with zero attached hydrogens (tertiary/aromatic N) is 9. The number of fused-ring (bicyclic) bond motifs is 8. The largest absolute Gasteiger partial charge is 0.748 e. The number of amides is 4. The minimum absolute atomic E-state index is 0.00307. The lowest BCUT2D eigenvalue weighted by molar-refractivity contribution is -0.437. The Hall–Kier alpha value is -11.7. The number of aliphatic carboxylic acids is 1. The highest BCUT2D eigenvalue weighted by molar-refractivity contribution is 7.89. The SMILES string of the molecule is Cc1ncc([C@@H](CCCCCCc2nc3c(cc2CNC(=O)CCC(=O)NCCCC[C@H](NC(=O)CCCN(C)S(=O)(=O)c2cccc4c5c(ccc24)N(CCCS(=O)(=O)O)/C(=C/C=C/C=C/C2=[N+](CCCS(=O)(=O)[O-])c4ccc6ccc(S(=O)(=O)O)cc6c4C2(C)C)C5(C)C)C(=O)NCc2cc4c(nc2CCCCCC[C@@H](C)c2cnc(C)nc2)NCCC4)CCCC3)CC(=O)O)cn1.O=C=O.O=S(=O)=O. The van der Waals surface area contributed by atoms with Gasteiger partial charge in [-0.05, 0) is 246 Å². The lowest BCUT2D eigenvalue weighted by Crippen LogP contribution is -2.46. The number of sulfonamides is 1. The van der Waals surface area contributed by atoms with Crippen LogP contribution in [0, 0.1) is 13.8 Å². The van der Waals surface area contributed by atoms with Crippen molar-refractivity contribution in [1.82, 2.24) is 55.5 Å². The molecule has 3 aliphatic heterocycles. The average molecular weight is 2050 g/mol. The fraction of sp³-hybridized carbons (Fsp3) is 0.495. The summed E-state index contributed by atoms with van der Waals surface area (Å²) in [6.07, 6.45) is 33.8. The number of hydrogen-bond donors (Lipinski definition) is 8. The predicted octanol–water partition coefficient (Wildman–Crippen LogP) is 12.9. The molecule has 4 aromatic heterocycles. The molecule has 8 aromatic rings. The minimum atomic E-state index is -4.60. The number of rotatable bonds is 50. The van der Waals surface area contributed by atoms with Gasteiger partial charge in [-0.15, -0.1) is 12.6 Å². The molecule has 36 nitrogen and oxygen atoms in total. The molecule has 0 bridgehead atoms. The van der Waals surface area contributed by atoms with Crippen LogP contribution in [-0.2, 0) is 141 Å². The van der Waals surface area contributed by atoms with Crippen LogP contribution in [0.25, 0.3) is 21.5 Å². The second-order valence-corrected chi connectivity index (χ2v) is 44.5. The molecule has 8 N–H and O–H groups in total. The first kappa shape index (κ1) is 112. The molecule has 4 amide bonds. The summed E-state index contributed by atoms with van der Waals surface area (Å²) in [6.45, 7) is 15.3. The van der Waals surface area contributed by atoms with Crippen molar-refractivity contribution >= 4 is 131 Å². The molecule has 142 heavy (non-hydrogen) atoms. The van der Waals surface area contributed by atoms with Gasteiger partial charge in [0.05, 0.1) is 37.5 Å². The van der Waals surface area contributed by atoms with Crippen molar-refractivity contribution in [2.75, 3.05) is 61.5 Å². The number of carbonyl (C=O) groups is 5. The van der Waals surface area contributed by atoms with Crippen molar-refractivity contribution in [2.45, 2.75) is 280 Å². The van der Waals surface area contributed by atoms with Gasteiger partial charge in [0.15, 0.2) is 5.71 Å². The summed E-state index contributed by atoms with van der Waals surface area (Å²) >= 11 is 0. The highest BCUT2D eigenvalue weighted by Gasteiger charge is 2.47. The zero-order valence-electron chi connectivity index (χ0n) is 81.7. The molecule has 0 saturated heterocycles. The normalized spacial score (nSPS) is 15.2. The lowest BCUT2D eigenvalue weighted by Gasteiger charge is -2.27. The van der Waals surface area contributed by atoms with E-state index in [1.807, 2.05) is 80.8 Å². The Morgan fingerprint density at radius 1 is 0.634 bits per heavy atom. The van der Waals surface area contributed by atoms with Crippen LogP contribution in [0.1, 0.15) is 267 Å². The number of aryl methyl sites for hydroxylation is 7. The molecular weight excluding hydrogens is 1920 g/mol. The first-order valence-corrected chi connectivity index (χ1v) is 55.3. The van der Waals surface area contributed by atoms with Crippen molar-refractivity contribution in [1.29, 1.82) is 0 Å². The van der Waals surface area contributed by atoms with E-state index in [0.29, 0.717) is 87.3 Å². The summed E-state index contributed by atoms with van der Waals surface area (Å²) in [7, 11) is -19.5. The second-order valence-electron chi connectivity index (χ2n) is 37.6. The van der Waals surface area contributed by atoms with E-state index in [2.05, 4.69) is 65.6 Å². The number of unbranched alkanes of at least 4 members (excludes halogenated alkanes) is 7. The van der Waals surface area contributed by atoms with Gasteiger partial charge in [-0.2, -0.15) is 31.0 Å². The first-order valence-electron chi connectivity index (χ1n) is 48.2. The molecule has 0 saturated carbocycles. The number of nitrogens with one attached hydrogen (secondary N) is 5. The third kappa shape index (κ3) is 32.2. The highest BCUT2D eigenvalue weighted by atomic mass is 32.2. The monoisotopic (exact) mass is 2050 g/mol. The van der Waals surface area contributed by atoms with Crippen LogP contribution in [0.15, 0.2) is 143 Å². The Balaban J connectivity index is 0.00000287. The van der Waals surface area contributed by atoms with E-state index < -0.39 is 97.1 Å². The van der Waals surface area contributed by atoms with Gasteiger partial charge in [-0.1, -0.05) is 108 Å². The summed E-state index contributed by atoms with van der Waals surface area (Å²) in [5, 5.41) is 27.4. The van der Waals surface area contributed by atoms with E-state index in [1.165, 1.54) is 35.1 Å². The van der Waals surface area contributed by atoms with Crippen LogP contribution in [0.4, 0.5) is 17.2 Å². The molecular formula is C101H130N14O22S5. The average Bonchev–Trinajstić information content (AvgIpc) is 1.55. The topological polar surface area (TPSA) is 538 Å². The summed E-state index contributed by atoms with van der Waals surface area (Å²) in [4.78, 5) is 113. The Kier molecular flexibility index (Phi) is 41.2. The summed E-state index contributed by atoms with van der Waals surface area (Å²) in [6, 6.07) is 19.7. The molecule has 12 rings (SSSR count). The maximum absolute atomic E-state index is 15.0. The number of aromatic nitrogens is 6. The number of allylic oxidation sites excluding steroid dienone is 6. The summed E-state index contributed by atoms with van der Waals surface area (Å²) in [5.74, 6) is -1.14. The number of hydrogen-bond acceptors (Lipinski definition) is 27. The molecule has 7 heterocycles. The highest BCUT2D eigenvalue weighted by Crippen LogP contribution is 2.52. The van der Waals surface area contributed by atoms with Crippen LogP contribution in [0.5, 0.6) is 0 Å². The third-order valence-electron chi connectivity index (χ3n) is 26.5. The van der Waals surface area contributed by atoms with E-state index in [9.17, 15) is 68.0 Å². The fourth-order valence-electron chi connectivity index (χ4n) is 19.2. The standard InChI is InChI=1S/C100H130N14O17S4.CO2.O3S/c1-67(76-63-103-68(2)104-64-76)29-14-9-11-17-35-84-75(58-73-32-25-51-102-97(73)111-84)62-108-98(120)85(37-22-23-50-101-91(115)48-49-92(116)107-61-74-57-72-31-20-21-36-82(72)109-83(74)34-16-12-10-15-30-71(59-94(118)119)77-65-105-69(3)106-66-77)110-93(117)41-26-52-112(8)134(127,128)88-38-24-33-80-79(88)45-47-87-95(80)99(4,5)89(114(87)54-28-56-133(124,125)126)39-18-13-19-40-90-100(6,7)96-81-60-78(135(129,130)131)44-42-70(81)43-46-86(96)113(90)53-27-55-132(121,122)123;2-1-3;1-4(2)3/h13,18-19,24,33,38-40,42-47,57-58,60,63-67,71,85H,9-12,14-17,20-23,25-32,34-37,41,48-56,59,61-62H2,1-8H3,(H8-,101,102,107,108,110,111,115,116,117,118,119,120,121,122,123,124,125,126,129,130,131);;/t67-,71+,85+;;/m1../s1. The number of anilines is 2. The van der Waals surface area contributed by atoms with Gasteiger partial charge < -0.3 is 41.1 Å². The van der Waals surface area contributed by atoms with Crippen LogP contribution in [0.3, 0.4) is 0 Å². The zero-order valence-corrected chi connectivity index (χ0v) is 85.8. The van der Waals surface area contributed by atoms with Crippen LogP contribution in [0.2, 0.25) is 0 Å². The maximum atomic E-state index is 15.0. The van der Waals surface area contributed by atoms with Gasteiger partial charge in [0.25, 0.3) is 20.2 Å². The van der Waals surface area contributed by atoms with Crippen molar-refractivity contribution < 1.29 is 103 Å². The van der Waals surface area contributed by atoms with E-state index in [4.69, 9.17) is 32.2 Å². The molecule has 0 fully saturated rings. The maximum Gasteiger partial charge on any atom is 0.425 e. The van der Waals surface area contributed by atoms with Crippen LogP contribution in [-0.4, -0.2) is 203 Å². The molecule has 0 radical (unpaired) electrons. The van der Waals surface area contributed by atoms with Crippen molar-refractivity contribution in [3.05, 3.63) is 207 Å². The molecule has 3 atom stereocenters. The third-order valence-corrected chi connectivity index (χ3v) is 30.8. The van der Waals surface area contributed by atoms with Gasteiger partial charge in [0.1, 0.15) is 30.1 Å². The van der Waals surface area contributed by atoms with Crippen LogP contribution >= 0.6 is 0 Å². The van der Waals surface area contributed by atoms with Gasteiger partial charge in [0, 0.05) is 160 Å².